The topological polar surface area (TPSA) is 93.6 Å². The van der Waals surface area contributed by atoms with Crippen molar-refractivity contribution in [1.82, 2.24) is 4.98 Å². The van der Waals surface area contributed by atoms with Gasteiger partial charge in [0.1, 0.15) is 4.92 Å². The Bertz CT molecular complexity index is 842. The van der Waals surface area contributed by atoms with E-state index in [2.05, 4.69) is 15.5 Å². The number of benzene rings is 1. The Morgan fingerprint density at radius 1 is 1.43 bits per heavy atom. The maximum atomic E-state index is 10.5. The summed E-state index contributed by atoms with van der Waals surface area (Å²) < 4.78 is 5.87. The minimum absolute atomic E-state index is 0.276. The van der Waals surface area contributed by atoms with Gasteiger partial charge in [0.2, 0.25) is 5.13 Å². The van der Waals surface area contributed by atoms with Crippen molar-refractivity contribution in [2.24, 2.45) is 5.10 Å². The number of furan rings is 1. The highest BCUT2D eigenvalue weighted by atomic mass is 35.5. The summed E-state index contributed by atoms with van der Waals surface area (Å²) in [5.74, 6) is -0.0514. The predicted octanol–water partition coefficient (Wildman–Crippen LogP) is 3.90. The van der Waals surface area contributed by atoms with Crippen molar-refractivity contribution >= 4 is 50.4 Å². The van der Waals surface area contributed by atoms with Crippen LogP contribution in [0.2, 0.25) is 5.02 Å². The number of nitro groups is 1. The Hall–Kier alpha value is -2.45. The predicted molar refractivity (Wildman–Crippen MR) is 81.2 cm³/mol. The zero-order valence-corrected chi connectivity index (χ0v) is 11.9. The number of hydrazone groups is 1. The Morgan fingerprint density at radius 3 is 3.05 bits per heavy atom. The molecule has 0 saturated heterocycles. The van der Waals surface area contributed by atoms with Crippen LogP contribution in [-0.4, -0.2) is 16.1 Å². The number of thiazole rings is 1. The van der Waals surface area contributed by atoms with E-state index in [1.54, 1.807) is 6.07 Å². The highest BCUT2D eigenvalue weighted by Gasteiger charge is 2.10. The largest absolute Gasteiger partial charge is 0.433 e. The van der Waals surface area contributed by atoms with Crippen molar-refractivity contribution in [3.8, 4) is 0 Å². The van der Waals surface area contributed by atoms with E-state index in [1.165, 1.54) is 29.7 Å². The standard InChI is InChI=1S/C12H7ClN4O3S/c13-7-1-3-9-10(5-7)21-12(15-9)16-14-6-8-2-4-11(20-8)17(18)19/h1-6H,(H,15,16). The number of aromatic nitrogens is 1. The summed E-state index contributed by atoms with van der Waals surface area (Å²) >= 11 is 7.30. The number of fused-ring (bicyclic) bond motifs is 1. The summed E-state index contributed by atoms with van der Waals surface area (Å²) in [5, 5.41) is 15.6. The summed E-state index contributed by atoms with van der Waals surface area (Å²) in [6.07, 6.45) is 1.34. The van der Waals surface area contributed by atoms with Gasteiger partial charge in [-0.1, -0.05) is 22.9 Å². The molecule has 9 heteroatoms. The lowest BCUT2D eigenvalue weighted by Crippen LogP contribution is -1.88. The van der Waals surface area contributed by atoms with Crippen LogP contribution in [0.1, 0.15) is 5.76 Å². The SMILES string of the molecule is O=[N+]([O-])c1ccc(C=NNc2nc3ccc(Cl)cc3s2)o1. The first-order chi connectivity index (χ1) is 10.1. The maximum Gasteiger partial charge on any atom is 0.433 e. The lowest BCUT2D eigenvalue weighted by Gasteiger charge is -1.90. The third-order valence-electron chi connectivity index (χ3n) is 2.50. The number of nitrogens with one attached hydrogen (secondary N) is 1. The highest BCUT2D eigenvalue weighted by molar-refractivity contribution is 7.22. The number of nitrogens with zero attached hydrogens (tertiary/aromatic N) is 3. The van der Waals surface area contributed by atoms with Crippen LogP contribution in [0.5, 0.6) is 0 Å². The van der Waals surface area contributed by atoms with Gasteiger partial charge in [0.25, 0.3) is 0 Å². The molecule has 0 aliphatic heterocycles. The number of anilines is 1. The summed E-state index contributed by atoms with van der Waals surface area (Å²) in [7, 11) is 0. The third kappa shape index (κ3) is 3.01. The van der Waals surface area contributed by atoms with Crippen molar-refractivity contribution in [2.75, 3.05) is 5.43 Å². The second kappa shape index (κ2) is 5.51. The summed E-state index contributed by atoms with van der Waals surface area (Å²) in [4.78, 5) is 14.2. The maximum absolute atomic E-state index is 10.5. The van der Waals surface area contributed by atoms with Crippen LogP contribution in [0.4, 0.5) is 11.0 Å². The first kappa shape index (κ1) is 13.5. The van der Waals surface area contributed by atoms with Crippen LogP contribution in [0, 0.1) is 10.1 Å². The van der Waals surface area contributed by atoms with Crippen LogP contribution in [0.25, 0.3) is 10.2 Å². The molecule has 7 nitrogen and oxygen atoms in total. The molecule has 21 heavy (non-hydrogen) atoms. The fourth-order valence-electron chi connectivity index (χ4n) is 1.61. The van der Waals surface area contributed by atoms with Crippen molar-refractivity contribution in [3.05, 3.63) is 51.2 Å². The second-order valence-electron chi connectivity index (χ2n) is 3.93. The quantitative estimate of drug-likeness (QED) is 0.446. The summed E-state index contributed by atoms with van der Waals surface area (Å²) in [6.45, 7) is 0. The molecule has 0 aliphatic carbocycles. The molecule has 106 valence electrons. The molecular weight excluding hydrogens is 316 g/mol. The molecule has 0 atom stereocenters. The van der Waals surface area contributed by atoms with Gasteiger partial charge in [-0.25, -0.2) is 4.98 Å². The smallest absolute Gasteiger partial charge is 0.400 e. The minimum Gasteiger partial charge on any atom is -0.400 e. The average molecular weight is 323 g/mol. The van der Waals surface area contributed by atoms with Crippen molar-refractivity contribution in [2.45, 2.75) is 0 Å². The van der Waals surface area contributed by atoms with Crippen molar-refractivity contribution in [1.29, 1.82) is 0 Å². The first-order valence-corrected chi connectivity index (χ1v) is 6.91. The van der Waals surface area contributed by atoms with E-state index in [9.17, 15) is 10.1 Å². The fraction of sp³-hybridized carbons (Fsp3) is 0. The lowest BCUT2D eigenvalue weighted by atomic mass is 10.3. The van der Waals surface area contributed by atoms with Crippen LogP contribution in [0.3, 0.4) is 0 Å². The number of hydrogen-bond acceptors (Lipinski definition) is 7. The van der Waals surface area contributed by atoms with Gasteiger partial charge in [-0.15, -0.1) is 0 Å². The third-order valence-corrected chi connectivity index (χ3v) is 3.65. The van der Waals surface area contributed by atoms with E-state index >= 15 is 0 Å². The zero-order chi connectivity index (χ0) is 14.8. The molecule has 0 saturated carbocycles. The van der Waals surface area contributed by atoms with E-state index < -0.39 is 4.92 Å². The Kier molecular flexibility index (Phi) is 3.55. The van der Waals surface area contributed by atoms with Gasteiger partial charge in [-0.3, -0.25) is 15.5 Å². The number of halogens is 1. The van der Waals surface area contributed by atoms with E-state index in [-0.39, 0.29) is 11.6 Å². The average Bonchev–Trinajstić information content (AvgIpc) is 3.04. The molecule has 1 aromatic carbocycles. The molecule has 2 heterocycles. The Labute approximate surface area is 127 Å². The lowest BCUT2D eigenvalue weighted by molar-refractivity contribution is -0.402. The molecule has 0 unspecified atom stereocenters. The summed E-state index contributed by atoms with van der Waals surface area (Å²) in [5.41, 5.74) is 3.56. The van der Waals surface area contributed by atoms with E-state index in [0.717, 1.165) is 10.2 Å². The van der Waals surface area contributed by atoms with Gasteiger partial charge in [0.05, 0.1) is 22.5 Å². The van der Waals surface area contributed by atoms with Crippen LogP contribution in [-0.2, 0) is 0 Å². The van der Waals surface area contributed by atoms with Crippen LogP contribution >= 0.6 is 22.9 Å². The highest BCUT2D eigenvalue weighted by Crippen LogP contribution is 2.28. The van der Waals surface area contributed by atoms with Gasteiger partial charge >= 0.3 is 5.88 Å². The normalized spacial score (nSPS) is 11.3. The molecule has 3 rings (SSSR count). The molecule has 0 bridgehead atoms. The van der Waals surface area contributed by atoms with Crippen molar-refractivity contribution in [3.63, 3.8) is 0 Å². The summed E-state index contributed by atoms with van der Waals surface area (Å²) in [6, 6.07) is 8.12. The molecule has 3 aromatic rings. The monoisotopic (exact) mass is 322 g/mol. The zero-order valence-electron chi connectivity index (χ0n) is 10.3. The van der Waals surface area contributed by atoms with Gasteiger partial charge in [0, 0.05) is 5.02 Å². The van der Waals surface area contributed by atoms with Crippen LogP contribution in [0.15, 0.2) is 39.9 Å². The van der Waals surface area contributed by atoms with E-state index in [4.69, 9.17) is 16.0 Å². The molecule has 0 spiro atoms. The molecule has 0 amide bonds. The Balaban J connectivity index is 1.73. The van der Waals surface area contributed by atoms with Crippen LogP contribution < -0.4 is 5.43 Å². The van der Waals surface area contributed by atoms with E-state index in [0.29, 0.717) is 10.2 Å². The molecule has 0 aliphatic rings. The first-order valence-electron chi connectivity index (χ1n) is 5.71. The Morgan fingerprint density at radius 2 is 2.29 bits per heavy atom. The van der Waals surface area contributed by atoms with E-state index in [1.807, 2.05) is 12.1 Å². The van der Waals surface area contributed by atoms with Gasteiger partial charge < -0.3 is 4.42 Å². The molecule has 1 N–H and O–H groups in total. The molecule has 0 fully saturated rings. The minimum atomic E-state index is -0.609. The van der Waals surface area contributed by atoms with Crippen molar-refractivity contribution < 1.29 is 9.34 Å². The fourth-order valence-corrected chi connectivity index (χ4v) is 2.70. The molecule has 0 radical (unpaired) electrons. The van der Waals surface area contributed by atoms with Gasteiger partial charge in [0.15, 0.2) is 5.76 Å². The number of rotatable bonds is 4. The van der Waals surface area contributed by atoms with Gasteiger partial charge in [-0.2, -0.15) is 5.10 Å². The molecular formula is C12H7ClN4O3S. The molecule has 2 aromatic heterocycles. The number of hydrogen-bond donors (Lipinski definition) is 1. The van der Waals surface area contributed by atoms with Gasteiger partial charge in [-0.05, 0) is 24.3 Å². The second-order valence-corrected chi connectivity index (χ2v) is 5.40.